The summed E-state index contributed by atoms with van der Waals surface area (Å²) in [6.07, 6.45) is -4.21. The number of rotatable bonds is 3. The fraction of sp³-hybridized carbons (Fsp3) is 0.857. The minimum absolute atomic E-state index is 0.0174. The number of alkyl halides is 3. The summed E-state index contributed by atoms with van der Waals surface area (Å²) in [4.78, 5) is 10.1. The monoisotopic (exact) mass is 168 g/mol. The zero-order valence-electron chi connectivity index (χ0n) is 6.53. The first-order valence-electron chi connectivity index (χ1n) is 3.40. The van der Waals surface area contributed by atoms with Crippen LogP contribution < -0.4 is 0 Å². The minimum Gasteiger partial charge on any atom is -0.302 e. The van der Waals surface area contributed by atoms with E-state index in [0.29, 0.717) is 6.42 Å². The third kappa shape index (κ3) is 2.20. The Morgan fingerprint density at radius 2 is 1.82 bits per heavy atom. The van der Waals surface area contributed by atoms with E-state index in [1.165, 1.54) is 0 Å². The summed E-state index contributed by atoms with van der Waals surface area (Å²) < 4.78 is 36.2. The number of halogens is 3. The first-order valence-corrected chi connectivity index (χ1v) is 3.40. The fourth-order valence-electron chi connectivity index (χ4n) is 0.787. The molecule has 0 aliphatic heterocycles. The summed E-state index contributed by atoms with van der Waals surface area (Å²) in [5.41, 5.74) is -2.15. The predicted molar refractivity (Wildman–Crippen MR) is 35.1 cm³/mol. The second kappa shape index (κ2) is 3.24. The molecule has 1 nitrogen and oxygen atoms in total. The van der Waals surface area contributed by atoms with Crippen molar-refractivity contribution in [3.8, 4) is 0 Å². The van der Waals surface area contributed by atoms with Gasteiger partial charge in [-0.25, -0.2) is 0 Å². The van der Waals surface area contributed by atoms with Gasteiger partial charge >= 0.3 is 6.18 Å². The van der Waals surface area contributed by atoms with Gasteiger partial charge in [-0.2, -0.15) is 13.2 Å². The Hall–Kier alpha value is -0.540. The molecule has 0 aliphatic rings. The number of hydrogen-bond acceptors (Lipinski definition) is 1. The molecule has 0 aromatic heterocycles. The van der Waals surface area contributed by atoms with Gasteiger partial charge in [-0.15, -0.1) is 0 Å². The number of carbonyl (C=O) groups is 1. The van der Waals surface area contributed by atoms with Crippen molar-refractivity contribution in [1.29, 1.82) is 0 Å². The van der Waals surface area contributed by atoms with Gasteiger partial charge in [0.05, 0.1) is 0 Å². The Balaban J connectivity index is 4.46. The van der Waals surface area contributed by atoms with Crippen LogP contribution in [0.15, 0.2) is 0 Å². The average Bonchev–Trinajstić information content (AvgIpc) is 1.86. The SMILES string of the molecule is CCCC(C)(C=O)C(F)(F)F. The molecule has 0 spiro atoms. The molecule has 0 aromatic carbocycles. The molecule has 66 valence electrons. The van der Waals surface area contributed by atoms with Gasteiger partial charge in [0.1, 0.15) is 11.7 Å². The van der Waals surface area contributed by atoms with E-state index in [4.69, 9.17) is 0 Å². The third-order valence-electron chi connectivity index (χ3n) is 1.68. The zero-order valence-corrected chi connectivity index (χ0v) is 6.53. The lowest BCUT2D eigenvalue weighted by Crippen LogP contribution is -2.36. The Morgan fingerprint density at radius 3 is 1.91 bits per heavy atom. The lowest BCUT2D eigenvalue weighted by Gasteiger charge is -2.25. The van der Waals surface area contributed by atoms with Crippen LogP contribution in [0.2, 0.25) is 0 Å². The van der Waals surface area contributed by atoms with Crippen molar-refractivity contribution in [2.24, 2.45) is 5.41 Å². The lowest BCUT2D eigenvalue weighted by atomic mass is 9.87. The molecule has 0 aromatic rings. The van der Waals surface area contributed by atoms with E-state index in [0.717, 1.165) is 6.92 Å². The Labute approximate surface area is 63.6 Å². The Bertz CT molecular complexity index is 141. The van der Waals surface area contributed by atoms with E-state index in [-0.39, 0.29) is 12.7 Å². The first-order chi connectivity index (χ1) is 4.87. The van der Waals surface area contributed by atoms with Crippen LogP contribution in [-0.4, -0.2) is 12.5 Å². The maximum atomic E-state index is 12.1. The van der Waals surface area contributed by atoms with E-state index in [9.17, 15) is 18.0 Å². The maximum absolute atomic E-state index is 12.1. The van der Waals surface area contributed by atoms with Crippen LogP contribution in [0, 0.1) is 5.41 Å². The summed E-state index contributed by atoms with van der Waals surface area (Å²) in [7, 11) is 0. The van der Waals surface area contributed by atoms with Crippen molar-refractivity contribution in [1.82, 2.24) is 0 Å². The molecule has 0 radical (unpaired) electrons. The van der Waals surface area contributed by atoms with Crippen molar-refractivity contribution < 1.29 is 18.0 Å². The van der Waals surface area contributed by atoms with E-state index >= 15 is 0 Å². The van der Waals surface area contributed by atoms with Crippen molar-refractivity contribution >= 4 is 6.29 Å². The molecule has 0 fully saturated rings. The number of carbonyl (C=O) groups excluding carboxylic acids is 1. The summed E-state index contributed by atoms with van der Waals surface area (Å²) in [5, 5.41) is 0. The van der Waals surface area contributed by atoms with Crippen LogP contribution in [0.4, 0.5) is 13.2 Å². The fourth-order valence-corrected chi connectivity index (χ4v) is 0.787. The highest BCUT2D eigenvalue weighted by atomic mass is 19.4. The van der Waals surface area contributed by atoms with Crippen molar-refractivity contribution in [2.75, 3.05) is 0 Å². The molecule has 11 heavy (non-hydrogen) atoms. The lowest BCUT2D eigenvalue weighted by molar-refractivity contribution is -0.210. The minimum atomic E-state index is -4.41. The number of hydrogen-bond donors (Lipinski definition) is 0. The Morgan fingerprint density at radius 1 is 1.36 bits per heavy atom. The molecule has 0 heterocycles. The summed E-state index contributed by atoms with van der Waals surface area (Å²) in [6, 6.07) is 0. The van der Waals surface area contributed by atoms with Gasteiger partial charge in [-0.05, 0) is 13.3 Å². The van der Waals surface area contributed by atoms with E-state index in [1.54, 1.807) is 6.92 Å². The predicted octanol–water partition coefficient (Wildman–Crippen LogP) is 2.55. The zero-order chi connectivity index (χ0) is 9.12. The standard InChI is InChI=1S/C7H11F3O/c1-3-4-6(2,5-11)7(8,9)10/h5H,3-4H2,1-2H3. The van der Waals surface area contributed by atoms with E-state index in [1.807, 2.05) is 0 Å². The summed E-state index contributed by atoms with van der Waals surface area (Å²) in [5.74, 6) is 0. The van der Waals surface area contributed by atoms with Gasteiger partial charge in [0.2, 0.25) is 0 Å². The molecule has 0 rings (SSSR count). The molecule has 1 atom stereocenters. The van der Waals surface area contributed by atoms with Crippen molar-refractivity contribution in [3.63, 3.8) is 0 Å². The molecular weight excluding hydrogens is 157 g/mol. The molecule has 0 N–H and O–H groups in total. The second-order valence-corrected chi connectivity index (χ2v) is 2.78. The molecule has 0 amide bonds. The molecule has 0 saturated heterocycles. The highest BCUT2D eigenvalue weighted by Gasteiger charge is 2.50. The maximum Gasteiger partial charge on any atom is 0.400 e. The van der Waals surface area contributed by atoms with Crippen LogP contribution in [0.25, 0.3) is 0 Å². The topological polar surface area (TPSA) is 17.1 Å². The number of aldehydes is 1. The van der Waals surface area contributed by atoms with Crippen LogP contribution >= 0.6 is 0 Å². The summed E-state index contributed by atoms with van der Waals surface area (Å²) in [6.45, 7) is 2.54. The third-order valence-corrected chi connectivity index (χ3v) is 1.68. The molecule has 0 bridgehead atoms. The van der Waals surface area contributed by atoms with Crippen LogP contribution in [0.1, 0.15) is 26.7 Å². The Kier molecular flexibility index (Phi) is 3.08. The molecule has 0 aliphatic carbocycles. The van der Waals surface area contributed by atoms with Gasteiger partial charge in [0.25, 0.3) is 0 Å². The normalized spacial score (nSPS) is 17.5. The molecule has 1 unspecified atom stereocenters. The average molecular weight is 168 g/mol. The molecule has 4 heteroatoms. The van der Waals surface area contributed by atoms with Gasteiger partial charge in [0.15, 0.2) is 0 Å². The first kappa shape index (κ1) is 10.5. The van der Waals surface area contributed by atoms with Crippen molar-refractivity contribution in [3.05, 3.63) is 0 Å². The second-order valence-electron chi connectivity index (χ2n) is 2.78. The van der Waals surface area contributed by atoms with Gasteiger partial charge < -0.3 is 4.79 Å². The van der Waals surface area contributed by atoms with Gasteiger partial charge in [0, 0.05) is 0 Å². The smallest absolute Gasteiger partial charge is 0.302 e. The van der Waals surface area contributed by atoms with Gasteiger partial charge in [-0.3, -0.25) is 0 Å². The quantitative estimate of drug-likeness (QED) is 0.592. The van der Waals surface area contributed by atoms with Crippen molar-refractivity contribution in [2.45, 2.75) is 32.9 Å². The van der Waals surface area contributed by atoms with Crippen LogP contribution in [-0.2, 0) is 4.79 Å². The highest BCUT2D eigenvalue weighted by molar-refractivity contribution is 5.59. The highest BCUT2D eigenvalue weighted by Crippen LogP contribution is 2.39. The largest absolute Gasteiger partial charge is 0.400 e. The van der Waals surface area contributed by atoms with Crippen LogP contribution in [0.3, 0.4) is 0 Å². The van der Waals surface area contributed by atoms with Gasteiger partial charge in [-0.1, -0.05) is 13.3 Å². The summed E-state index contributed by atoms with van der Waals surface area (Å²) >= 11 is 0. The van der Waals surface area contributed by atoms with Crippen LogP contribution in [0.5, 0.6) is 0 Å². The molecular formula is C7H11F3O. The molecule has 0 saturated carbocycles. The van der Waals surface area contributed by atoms with E-state index < -0.39 is 11.6 Å². The van der Waals surface area contributed by atoms with E-state index in [2.05, 4.69) is 0 Å².